The Morgan fingerprint density at radius 3 is 2.67 bits per heavy atom. The van der Waals surface area contributed by atoms with E-state index in [2.05, 4.69) is 10.5 Å². The Morgan fingerprint density at radius 2 is 1.97 bits per heavy atom. The van der Waals surface area contributed by atoms with Gasteiger partial charge in [-0.3, -0.25) is 14.2 Å². The van der Waals surface area contributed by atoms with Crippen LogP contribution >= 0.6 is 0 Å². The summed E-state index contributed by atoms with van der Waals surface area (Å²) < 4.78 is 33.8. The van der Waals surface area contributed by atoms with E-state index in [1.807, 2.05) is 0 Å². The van der Waals surface area contributed by atoms with Crippen molar-refractivity contribution < 1.29 is 23.2 Å². The van der Waals surface area contributed by atoms with Crippen molar-refractivity contribution in [1.29, 1.82) is 0 Å². The molecule has 2 heterocycles. The minimum atomic E-state index is -1.52. The molecule has 0 saturated carbocycles. The van der Waals surface area contributed by atoms with Crippen LogP contribution in [0.5, 0.6) is 0 Å². The molecule has 7 nitrogen and oxygen atoms in total. The third-order valence-electron chi connectivity index (χ3n) is 4.71. The summed E-state index contributed by atoms with van der Waals surface area (Å²) >= 11 is 0. The highest BCUT2D eigenvalue weighted by Gasteiger charge is 2.24. The van der Waals surface area contributed by atoms with Gasteiger partial charge in [-0.1, -0.05) is 29.4 Å². The van der Waals surface area contributed by atoms with Gasteiger partial charge in [0.05, 0.1) is 10.9 Å². The van der Waals surface area contributed by atoms with Crippen LogP contribution in [0.25, 0.3) is 16.6 Å². The van der Waals surface area contributed by atoms with Crippen LogP contribution in [0.1, 0.15) is 27.8 Å². The number of hydrogen-bond donors (Lipinski definition) is 2. The maximum atomic E-state index is 14.5. The molecule has 0 aliphatic carbocycles. The van der Waals surface area contributed by atoms with Gasteiger partial charge in [0.25, 0.3) is 11.5 Å². The SMILES string of the molecule is Cc1c(C(=O)N[C@@H](O)c2cccc(F)c2)c2cccc(F)c2c(=O)n1-c1ccon1. The topological polar surface area (TPSA) is 97.4 Å². The second-order valence-corrected chi connectivity index (χ2v) is 6.55. The summed E-state index contributed by atoms with van der Waals surface area (Å²) in [6.07, 6.45) is -0.288. The lowest BCUT2D eigenvalue weighted by Crippen LogP contribution is -2.32. The van der Waals surface area contributed by atoms with E-state index in [1.54, 1.807) is 0 Å². The number of aliphatic hydroxyl groups excluding tert-OH is 1. The molecule has 1 atom stereocenters. The molecule has 0 saturated heterocycles. The van der Waals surface area contributed by atoms with Crippen molar-refractivity contribution in [2.24, 2.45) is 0 Å². The fourth-order valence-corrected chi connectivity index (χ4v) is 3.36. The van der Waals surface area contributed by atoms with Crippen molar-refractivity contribution >= 4 is 16.7 Å². The van der Waals surface area contributed by atoms with Crippen molar-refractivity contribution in [2.45, 2.75) is 13.2 Å². The Morgan fingerprint density at radius 1 is 1.20 bits per heavy atom. The van der Waals surface area contributed by atoms with E-state index in [0.29, 0.717) is 0 Å². The summed E-state index contributed by atoms with van der Waals surface area (Å²) in [7, 11) is 0. The molecule has 1 amide bonds. The first-order valence-corrected chi connectivity index (χ1v) is 8.87. The maximum Gasteiger partial charge on any atom is 0.267 e. The van der Waals surface area contributed by atoms with E-state index >= 15 is 0 Å². The molecule has 0 unspecified atom stereocenters. The van der Waals surface area contributed by atoms with Crippen LogP contribution in [0.3, 0.4) is 0 Å². The van der Waals surface area contributed by atoms with Crippen LogP contribution in [0.2, 0.25) is 0 Å². The average Bonchev–Trinajstić information content (AvgIpc) is 3.22. The first-order chi connectivity index (χ1) is 14.4. The van der Waals surface area contributed by atoms with Crippen molar-refractivity contribution in [2.75, 3.05) is 0 Å². The number of hydrogen-bond acceptors (Lipinski definition) is 5. The van der Waals surface area contributed by atoms with Gasteiger partial charge in [-0.2, -0.15) is 0 Å². The zero-order valence-electron chi connectivity index (χ0n) is 15.6. The highest BCUT2D eigenvalue weighted by atomic mass is 19.1. The Labute approximate surface area is 168 Å². The zero-order valence-corrected chi connectivity index (χ0v) is 15.6. The van der Waals surface area contributed by atoms with Crippen LogP contribution in [0.15, 0.2) is 64.1 Å². The number of aromatic nitrogens is 2. The number of fused-ring (bicyclic) bond motifs is 1. The fourth-order valence-electron chi connectivity index (χ4n) is 3.36. The van der Waals surface area contributed by atoms with Crippen molar-refractivity contribution in [1.82, 2.24) is 15.0 Å². The Balaban J connectivity index is 1.89. The van der Waals surface area contributed by atoms with E-state index in [1.165, 1.54) is 49.6 Å². The quantitative estimate of drug-likeness (QED) is 0.503. The molecule has 2 aromatic heterocycles. The highest BCUT2D eigenvalue weighted by molar-refractivity contribution is 6.08. The van der Waals surface area contributed by atoms with E-state index in [4.69, 9.17) is 4.52 Å². The molecule has 152 valence electrons. The Bertz CT molecular complexity index is 1320. The van der Waals surface area contributed by atoms with Crippen LogP contribution in [-0.4, -0.2) is 20.7 Å². The lowest BCUT2D eigenvalue weighted by molar-refractivity contribution is 0.0783. The van der Waals surface area contributed by atoms with Crippen molar-refractivity contribution in [3.05, 3.63) is 93.6 Å². The Hall–Kier alpha value is -3.85. The summed E-state index contributed by atoms with van der Waals surface area (Å²) in [4.78, 5) is 26.0. The minimum absolute atomic E-state index is 0.0393. The first kappa shape index (κ1) is 19.5. The predicted octanol–water partition coefficient (Wildman–Crippen LogP) is 2.99. The number of benzene rings is 2. The Kier molecular flexibility index (Phi) is 4.88. The second kappa shape index (κ2) is 7.53. The third-order valence-corrected chi connectivity index (χ3v) is 4.71. The summed E-state index contributed by atoms with van der Waals surface area (Å²) in [6.45, 7) is 1.49. The number of carbonyl (C=O) groups excluding carboxylic acids is 1. The lowest BCUT2D eigenvalue weighted by Gasteiger charge is -2.18. The highest BCUT2D eigenvalue weighted by Crippen LogP contribution is 2.24. The molecule has 0 radical (unpaired) electrons. The molecule has 2 aromatic carbocycles. The normalized spacial score (nSPS) is 12.1. The smallest absolute Gasteiger partial charge is 0.267 e. The molecule has 30 heavy (non-hydrogen) atoms. The van der Waals surface area contributed by atoms with Crippen molar-refractivity contribution in [3.63, 3.8) is 0 Å². The first-order valence-electron chi connectivity index (χ1n) is 8.87. The molecule has 4 rings (SSSR count). The van der Waals surface area contributed by atoms with Gasteiger partial charge in [-0.25, -0.2) is 8.78 Å². The number of amides is 1. The van der Waals surface area contributed by atoms with Crippen molar-refractivity contribution in [3.8, 4) is 5.82 Å². The van der Waals surface area contributed by atoms with Gasteiger partial charge in [-0.05, 0) is 25.1 Å². The van der Waals surface area contributed by atoms with Crippen LogP contribution in [0.4, 0.5) is 8.78 Å². The molecule has 2 N–H and O–H groups in total. The van der Waals surface area contributed by atoms with Gasteiger partial charge >= 0.3 is 0 Å². The molecule has 0 bridgehead atoms. The van der Waals surface area contributed by atoms with Gasteiger partial charge in [-0.15, -0.1) is 0 Å². The van der Waals surface area contributed by atoms with E-state index < -0.39 is 29.3 Å². The predicted molar refractivity (Wildman–Crippen MR) is 103 cm³/mol. The van der Waals surface area contributed by atoms with Crippen LogP contribution in [-0.2, 0) is 0 Å². The average molecular weight is 411 g/mol. The summed E-state index contributed by atoms with van der Waals surface area (Å²) in [5.41, 5.74) is -0.462. The number of nitrogens with zero attached hydrogens (tertiary/aromatic N) is 2. The van der Waals surface area contributed by atoms with Gasteiger partial charge in [0.2, 0.25) is 0 Å². The number of rotatable bonds is 4. The molecule has 0 aliphatic rings. The molecule has 4 aromatic rings. The number of nitrogens with one attached hydrogen (secondary N) is 1. The number of carbonyl (C=O) groups is 1. The third kappa shape index (κ3) is 3.25. The van der Waals surface area contributed by atoms with Crippen LogP contribution < -0.4 is 10.9 Å². The molecular weight excluding hydrogens is 396 g/mol. The molecule has 0 fully saturated rings. The van der Waals surface area contributed by atoms with E-state index in [-0.39, 0.29) is 33.4 Å². The van der Waals surface area contributed by atoms with E-state index in [9.17, 15) is 23.5 Å². The summed E-state index contributed by atoms with van der Waals surface area (Å²) in [5, 5.41) is 16.2. The number of aliphatic hydroxyl groups is 1. The van der Waals surface area contributed by atoms with Gasteiger partial charge in [0.15, 0.2) is 12.0 Å². The molecular formula is C21H15F2N3O4. The van der Waals surface area contributed by atoms with Gasteiger partial charge in [0.1, 0.15) is 17.9 Å². The molecule has 0 spiro atoms. The van der Waals surface area contributed by atoms with Gasteiger partial charge < -0.3 is 14.9 Å². The summed E-state index contributed by atoms with van der Waals surface area (Å²) in [6, 6.07) is 10.4. The maximum absolute atomic E-state index is 14.5. The van der Waals surface area contributed by atoms with Crippen LogP contribution in [0, 0.1) is 18.6 Å². The lowest BCUT2D eigenvalue weighted by atomic mass is 10.0. The standard InChI is InChI=1S/C21H15F2N3O4/c1-11-17(20(28)24-19(27)12-4-2-5-13(22)10-12)14-6-3-7-15(23)18(14)21(29)26(11)16-8-9-30-25-16/h2-10,19,27H,1H3,(H,24,28)/t19-/m0/s1. The largest absolute Gasteiger partial charge is 0.369 e. The second-order valence-electron chi connectivity index (χ2n) is 6.55. The fraction of sp³-hybridized carbons (Fsp3) is 0.0952. The van der Waals surface area contributed by atoms with E-state index in [0.717, 1.165) is 16.7 Å². The summed E-state index contributed by atoms with van der Waals surface area (Å²) in [5.74, 6) is -2.10. The minimum Gasteiger partial charge on any atom is -0.369 e. The monoisotopic (exact) mass is 411 g/mol. The zero-order chi connectivity index (χ0) is 21.4. The number of pyridine rings is 1. The molecule has 9 heteroatoms. The molecule has 0 aliphatic heterocycles. The number of halogens is 2. The van der Waals surface area contributed by atoms with Gasteiger partial charge in [0, 0.05) is 22.7 Å².